The zero-order chi connectivity index (χ0) is 14.5. The summed E-state index contributed by atoms with van der Waals surface area (Å²) in [4.78, 5) is 14.0. The van der Waals surface area contributed by atoms with Crippen molar-refractivity contribution in [3.05, 3.63) is 35.4 Å². The number of amides is 1. The summed E-state index contributed by atoms with van der Waals surface area (Å²) in [6.07, 6.45) is 2.73. The van der Waals surface area contributed by atoms with Crippen LogP contribution in [0.3, 0.4) is 0 Å². The van der Waals surface area contributed by atoms with E-state index in [9.17, 15) is 4.79 Å². The van der Waals surface area contributed by atoms with Gasteiger partial charge in [-0.15, -0.1) is 0 Å². The van der Waals surface area contributed by atoms with Gasteiger partial charge in [-0.2, -0.15) is 0 Å². The first kappa shape index (κ1) is 15.0. The first-order valence-corrected chi connectivity index (χ1v) is 7.33. The van der Waals surface area contributed by atoms with Crippen LogP contribution in [0.15, 0.2) is 24.3 Å². The van der Waals surface area contributed by atoms with E-state index < -0.39 is 0 Å². The van der Waals surface area contributed by atoms with Gasteiger partial charge in [-0.05, 0) is 32.4 Å². The fraction of sp³-hybridized carbons (Fsp3) is 0.562. The van der Waals surface area contributed by atoms with Crippen LogP contribution in [0.2, 0.25) is 0 Å². The van der Waals surface area contributed by atoms with Gasteiger partial charge in [-0.3, -0.25) is 9.69 Å². The summed E-state index contributed by atoms with van der Waals surface area (Å²) in [6.45, 7) is 3.40. The molecule has 0 aliphatic heterocycles. The summed E-state index contributed by atoms with van der Waals surface area (Å²) in [7, 11) is 2.03. The minimum atomic E-state index is 0.0926. The normalized spacial score (nSPS) is 16.2. The highest BCUT2D eigenvalue weighted by Crippen LogP contribution is 2.19. The standard InChI is InChI=1S/C16H25N3O/c1-12-3-5-13(6-4-12)11-19(2)15(10-17)9-16(20)18-14-7-8-14/h3-6,14-15H,7-11,17H2,1-2H3,(H,18,20). The van der Waals surface area contributed by atoms with Crippen LogP contribution in [0, 0.1) is 6.92 Å². The molecule has 1 aromatic carbocycles. The second-order valence-corrected chi connectivity index (χ2v) is 5.84. The van der Waals surface area contributed by atoms with E-state index in [1.54, 1.807) is 0 Å². The molecule has 1 aromatic rings. The number of hydrogen-bond donors (Lipinski definition) is 2. The van der Waals surface area contributed by atoms with Gasteiger partial charge in [0.25, 0.3) is 0 Å². The molecule has 1 amide bonds. The molecule has 1 aliphatic carbocycles. The van der Waals surface area contributed by atoms with E-state index in [1.165, 1.54) is 11.1 Å². The molecule has 1 atom stereocenters. The van der Waals surface area contributed by atoms with E-state index in [0.29, 0.717) is 19.0 Å². The molecule has 4 heteroatoms. The monoisotopic (exact) mass is 275 g/mol. The largest absolute Gasteiger partial charge is 0.353 e. The van der Waals surface area contributed by atoms with E-state index in [-0.39, 0.29) is 11.9 Å². The van der Waals surface area contributed by atoms with E-state index in [2.05, 4.69) is 41.4 Å². The Morgan fingerprint density at radius 2 is 2.05 bits per heavy atom. The Bertz CT molecular complexity index is 440. The summed E-state index contributed by atoms with van der Waals surface area (Å²) in [6, 6.07) is 8.99. The first-order chi connectivity index (χ1) is 9.58. The van der Waals surface area contributed by atoms with Gasteiger partial charge in [-0.1, -0.05) is 29.8 Å². The van der Waals surface area contributed by atoms with Gasteiger partial charge in [0.1, 0.15) is 0 Å². The fourth-order valence-corrected chi connectivity index (χ4v) is 2.26. The van der Waals surface area contributed by atoms with Crippen LogP contribution in [-0.2, 0) is 11.3 Å². The topological polar surface area (TPSA) is 58.4 Å². The molecule has 0 saturated heterocycles. The van der Waals surface area contributed by atoms with E-state index >= 15 is 0 Å². The quantitative estimate of drug-likeness (QED) is 0.791. The molecule has 110 valence electrons. The van der Waals surface area contributed by atoms with Crippen molar-refractivity contribution in [1.29, 1.82) is 0 Å². The van der Waals surface area contributed by atoms with Crippen LogP contribution in [-0.4, -0.2) is 36.5 Å². The molecule has 0 radical (unpaired) electrons. The van der Waals surface area contributed by atoms with Crippen LogP contribution in [0.4, 0.5) is 0 Å². The van der Waals surface area contributed by atoms with Crippen LogP contribution in [0.25, 0.3) is 0 Å². The zero-order valence-corrected chi connectivity index (χ0v) is 12.4. The number of carbonyl (C=O) groups is 1. The van der Waals surface area contributed by atoms with Gasteiger partial charge < -0.3 is 11.1 Å². The minimum absolute atomic E-state index is 0.0926. The number of carbonyl (C=O) groups excluding carboxylic acids is 1. The summed E-state index contributed by atoms with van der Waals surface area (Å²) >= 11 is 0. The highest BCUT2D eigenvalue weighted by Gasteiger charge is 2.25. The lowest BCUT2D eigenvalue weighted by Gasteiger charge is -2.26. The van der Waals surface area contributed by atoms with Crippen LogP contribution in [0.5, 0.6) is 0 Å². The molecule has 4 nitrogen and oxygen atoms in total. The Balaban J connectivity index is 1.85. The number of rotatable bonds is 7. The average molecular weight is 275 g/mol. The maximum absolute atomic E-state index is 11.9. The molecule has 0 bridgehead atoms. The molecule has 1 unspecified atom stereocenters. The maximum atomic E-state index is 11.9. The van der Waals surface area contributed by atoms with Gasteiger partial charge in [0.2, 0.25) is 5.91 Å². The van der Waals surface area contributed by atoms with Crippen molar-refractivity contribution in [3.63, 3.8) is 0 Å². The fourth-order valence-electron chi connectivity index (χ4n) is 2.26. The number of aryl methyl sites for hydroxylation is 1. The summed E-state index contributed by atoms with van der Waals surface area (Å²) in [5, 5.41) is 3.02. The number of nitrogens with one attached hydrogen (secondary N) is 1. The Morgan fingerprint density at radius 1 is 1.40 bits per heavy atom. The molecular formula is C16H25N3O. The zero-order valence-electron chi connectivity index (χ0n) is 12.4. The van der Waals surface area contributed by atoms with Gasteiger partial charge in [0, 0.05) is 31.6 Å². The first-order valence-electron chi connectivity index (χ1n) is 7.33. The SMILES string of the molecule is Cc1ccc(CN(C)C(CN)CC(=O)NC2CC2)cc1. The van der Waals surface area contributed by atoms with Crippen molar-refractivity contribution < 1.29 is 4.79 Å². The lowest BCUT2D eigenvalue weighted by molar-refractivity contribution is -0.122. The summed E-state index contributed by atoms with van der Waals surface area (Å²) in [5.41, 5.74) is 8.33. The molecule has 20 heavy (non-hydrogen) atoms. The van der Waals surface area contributed by atoms with Crippen molar-refractivity contribution in [1.82, 2.24) is 10.2 Å². The van der Waals surface area contributed by atoms with Crippen molar-refractivity contribution in [2.24, 2.45) is 5.73 Å². The predicted molar refractivity (Wildman–Crippen MR) is 81.3 cm³/mol. The molecule has 3 N–H and O–H groups in total. The molecule has 0 aromatic heterocycles. The Labute approximate surface area is 121 Å². The molecule has 2 rings (SSSR count). The Kier molecular flexibility index (Phi) is 5.15. The second-order valence-electron chi connectivity index (χ2n) is 5.84. The van der Waals surface area contributed by atoms with Gasteiger partial charge in [0.05, 0.1) is 0 Å². The number of nitrogens with two attached hydrogens (primary N) is 1. The summed E-state index contributed by atoms with van der Waals surface area (Å²) < 4.78 is 0. The van der Waals surface area contributed by atoms with Gasteiger partial charge in [0.15, 0.2) is 0 Å². The van der Waals surface area contributed by atoms with Gasteiger partial charge >= 0.3 is 0 Å². The van der Waals surface area contributed by atoms with E-state index in [1.807, 2.05) is 7.05 Å². The van der Waals surface area contributed by atoms with E-state index in [4.69, 9.17) is 5.73 Å². The van der Waals surface area contributed by atoms with Crippen LogP contribution in [0.1, 0.15) is 30.4 Å². The highest BCUT2D eigenvalue weighted by atomic mass is 16.1. The van der Waals surface area contributed by atoms with Crippen molar-refractivity contribution in [2.45, 2.75) is 44.8 Å². The van der Waals surface area contributed by atoms with Crippen molar-refractivity contribution in [2.75, 3.05) is 13.6 Å². The smallest absolute Gasteiger partial charge is 0.221 e. The van der Waals surface area contributed by atoms with E-state index in [0.717, 1.165) is 19.4 Å². The maximum Gasteiger partial charge on any atom is 0.221 e. The summed E-state index contributed by atoms with van der Waals surface area (Å²) in [5.74, 6) is 0.124. The third kappa shape index (κ3) is 4.62. The third-order valence-electron chi connectivity index (χ3n) is 3.81. The third-order valence-corrected chi connectivity index (χ3v) is 3.81. The van der Waals surface area contributed by atoms with Crippen LogP contribution >= 0.6 is 0 Å². The molecule has 1 aliphatic rings. The number of benzene rings is 1. The second kappa shape index (κ2) is 6.86. The number of hydrogen-bond acceptors (Lipinski definition) is 3. The lowest BCUT2D eigenvalue weighted by atomic mass is 10.1. The minimum Gasteiger partial charge on any atom is -0.353 e. The average Bonchev–Trinajstić information content (AvgIpc) is 3.22. The Hall–Kier alpha value is -1.39. The van der Waals surface area contributed by atoms with Gasteiger partial charge in [-0.25, -0.2) is 0 Å². The van der Waals surface area contributed by atoms with Crippen molar-refractivity contribution in [3.8, 4) is 0 Å². The molecule has 1 fully saturated rings. The number of likely N-dealkylation sites (N-methyl/N-ethyl adjacent to an activating group) is 1. The molecule has 0 spiro atoms. The molecular weight excluding hydrogens is 250 g/mol. The highest BCUT2D eigenvalue weighted by molar-refractivity contribution is 5.77. The molecule has 0 heterocycles. The predicted octanol–water partition coefficient (Wildman–Crippen LogP) is 1.42. The van der Waals surface area contributed by atoms with Crippen LogP contribution < -0.4 is 11.1 Å². The van der Waals surface area contributed by atoms with Crippen molar-refractivity contribution >= 4 is 5.91 Å². The lowest BCUT2D eigenvalue weighted by Crippen LogP contribution is -2.41. The number of nitrogens with zero attached hydrogens (tertiary/aromatic N) is 1. The molecule has 1 saturated carbocycles. The Morgan fingerprint density at radius 3 is 2.60 bits per heavy atom.